The van der Waals surface area contributed by atoms with Crippen molar-refractivity contribution in [3.8, 4) is 0 Å². The van der Waals surface area contributed by atoms with E-state index in [0.717, 1.165) is 0 Å². The predicted molar refractivity (Wildman–Crippen MR) is 100 cm³/mol. The molecule has 1 unspecified atom stereocenters. The molecule has 1 rings (SSSR count). The molecule has 1 heterocycles. The van der Waals surface area contributed by atoms with Crippen molar-refractivity contribution < 1.29 is 41.8 Å². The van der Waals surface area contributed by atoms with Gasteiger partial charge in [0.15, 0.2) is 12.4 Å². The second-order valence-corrected chi connectivity index (χ2v) is 8.12. The van der Waals surface area contributed by atoms with Crippen LogP contribution in [0.4, 0.5) is 4.79 Å². The molecule has 0 aromatic carbocycles. The van der Waals surface area contributed by atoms with E-state index in [1.54, 1.807) is 18.3 Å². The van der Waals surface area contributed by atoms with Crippen LogP contribution >= 0.6 is 0 Å². The molecule has 0 aliphatic rings. The first-order valence-electron chi connectivity index (χ1n) is 8.60. The van der Waals surface area contributed by atoms with Crippen LogP contribution in [-0.4, -0.2) is 48.8 Å². The van der Waals surface area contributed by atoms with E-state index in [0.29, 0.717) is 24.2 Å². The summed E-state index contributed by atoms with van der Waals surface area (Å²) in [5.74, 6) is -1.28. The number of hydrogen-bond donors (Lipinski definition) is 3. The van der Waals surface area contributed by atoms with Crippen LogP contribution in [0.3, 0.4) is 0 Å². The van der Waals surface area contributed by atoms with Crippen molar-refractivity contribution >= 4 is 28.1 Å². The highest BCUT2D eigenvalue weighted by molar-refractivity contribution is 7.84. The molecule has 4 N–H and O–H groups in total. The van der Waals surface area contributed by atoms with Crippen molar-refractivity contribution in [2.24, 2.45) is 17.6 Å². The van der Waals surface area contributed by atoms with E-state index < -0.39 is 28.1 Å². The van der Waals surface area contributed by atoms with Crippen molar-refractivity contribution in [1.82, 2.24) is 5.32 Å². The third kappa shape index (κ3) is 16.0. The molecule has 11 nitrogen and oxygen atoms in total. The number of rotatable bonds is 9. The number of carboxylic acids is 1. The first-order chi connectivity index (χ1) is 13.3. The number of carboxylic acid groups (broad SMARTS) is 1. The zero-order valence-electron chi connectivity index (χ0n) is 16.5. The molecule has 29 heavy (non-hydrogen) atoms. The third-order valence-corrected chi connectivity index (χ3v) is 3.29. The molecule has 0 aliphatic heterocycles. The lowest BCUT2D eigenvalue weighted by atomic mass is 9.94. The van der Waals surface area contributed by atoms with Gasteiger partial charge in [-0.05, 0) is 24.3 Å². The highest BCUT2D eigenvalue weighted by Gasteiger charge is 2.17. The van der Waals surface area contributed by atoms with E-state index in [2.05, 4.69) is 5.32 Å². The smallest absolute Gasteiger partial charge is 0.412 e. The Kier molecular flexibility index (Phi) is 11.5. The first kappa shape index (κ1) is 26.3. The Morgan fingerprint density at radius 3 is 2.41 bits per heavy atom. The summed E-state index contributed by atoms with van der Waals surface area (Å²) in [5.41, 5.74) is 5.48. The van der Waals surface area contributed by atoms with Gasteiger partial charge in [0.2, 0.25) is 0 Å². The first-order valence-corrected chi connectivity index (χ1v) is 10.4. The van der Waals surface area contributed by atoms with Crippen LogP contribution in [0.2, 0.25) is 0 Å². The fraction of sp³-hybridized carbons (Fsp3) is 0.529. The van der Waals surface area contributed by atoms with Crippen LogP contribution in [-0.2, 0) is 26.4 Å². The predicted octanol–water partition coefficient (Wildman–Crippen LogP) is 0.0551. The molecule has 164 valence electrons. The topological polar surface area (TPSA) is 180 Å². The number of ether oxygens (including phenoxy) is 1. The van der Waals surface area contributed by atoms with E-state index in [4.69, 9.17) is 28.5 Å². The van der Waals surface area contributed by atoms with Gasteiger partial charge in [-0.15, -0.1) is 0 Å². The minimum atomic E-state index is -3.92. The van der Waals surface area contributed by atoms with Crippen LogP contribution in [0, 0.1) is 11.8 Å². The average molecular weight is 433 g/mol. The van der Waals surface area contributed by atoms with Gasteiger partial charge < -0.3 is 25.4 Å². The molecule has 2 amide bonds. The molecular formula is C17H27N3O8S. The summed E-state index contributed by atoms with van der Waals surface area (Å²) in [6, 6.07) is 3.17. The number of alkyl carbamates (subject to hydrolysis) is 1. The standard InChI is InChI=1S/C16H23N3O5.CH4O3S/c1-11(2)6-12(7-14(20)21)8-18-16(23)24-10-19-5-3-4-13(9-19)15(17)22;1-5(2,3)4/h3-5,9,11-12H,6-8,10H2,1-2H3,(H3-,17,18,20,21,22,23);1H3,(H,2,3,4). The molecule has 0 bridgehead atoms. The summed E-state index contributed by atoms with van der Waals surface area (Å²) < 4.78 is 33.8. The van der Waals surface area contributed by atoms with Gasteiger partial charge >= 0.3 is 12.1 Å². The van der Waals surface area contributed by atoms with Gasteiger partial charge in [-0.1, -0.05) is 13.8 Å². The number of carbonyl (C=O) groups is 3. The Morgan fingerprint density at radius 1 is 1.34 bits per heavy atom. The van der Waals surface area contributed by atoms with E-state index in [1.165, 1.54) is 10.8 Å². The molecular weight excluding hydrogens is 406 g/mol. The summed E-state index contributed by atoms with van der Waals surface area (Å²) in [4.78, 5) is 33.7. The van der Waals surface area contributed by atoms with Crippen LogP contribution in [0.25, 0.3) is 0 Å². The highest BCUT2D eigenvalue weighted by Crippen LogP contribution is 2.14. The average Bonchev–Trinajstić information content (AvgIpc) is 2.55. The minimum Gasteiger partial charge on any atom is -0.748 e. The number of nitrogens with two attached hydrogens (primary N) is 1. The maximum Gasteiger partial charge on any atom is 0.412 e. The molecule has 1 atom stereocenters. The van der Waals surface area contributed by atoms with E-state index >= 15 is 0 Å². The Hall–Kier alpha value is -2.73. The maximum atomic E-state index is 11.7. The summed E-state index contributed by atoms with van der Waals surface area (Å²) in [5, 5.41) is 11.5. The number of aliphatic carboxylic acids is 1. The molecule has 1 aromatic rings. The van der Waals surface area contributed by atoms with E-state index in [9.17, 15) is 14.4 Å². The van der Waals surface area contributed by atoms with Crippen LogP contribution in [0.15, 0.2) is 24.5 Å². The van der Waals surface area contributed by atoms with Gasteiger partial charge in [0.25, 0.3) is 12.6 Å². The molecule has 0 fully saturated rings. The lowest BCUT2D eigenvalue weighted by Crippen LogP contribution is -2.39. The monoisotopic (exact) mass is 433 g/mol. The number of amides is 2. The van der Waals surface area contributed by atoms with Gasteiger partial charge in [0.1, 0.15) is 5.56 Å². The molecule has 0 radical (unpaired) electrons. The van der Waals surface area contributed by atoms with E-state index in [-0.39, 0.29) is 25.6 Å². The maximum absolute atomic E-state index is 11.7. The van der Waals surface area contributed by atoms with Crippen molar-refractivity contribution in [2.75, 3.05) is 12.8 Å². The van der Waals surface area contributed by atoms with Crippen LogP contribution in [0.5, 0.6) is 0 Å². The number of hydrogen-bond acceptors (Lipinski definition) is 7. The van der Waals surface area contributed by atoms with Gasteiger partial charge in [0, 0.05) is 25.3 Å². The quantitative estimate of drug-likeness (QED) is 0.361. The van der Waals surface area contributed by atoms with Gasteiger partial charge in [-0.3, -0.25) is 9.59 Å². The number of pyridine rings is 1. The second kappa shape index (κ2) is 12.7. The van der Waals surface area contributed by atoms with Crippen molar-refractivity contribution in [1.29, 1.82) is 0 Å². The molecule has 0 saturated carbocycles. The molecule has 1 aromatic heterocycles. The normalized spacial score (nSPS) is 11.8. The fourth-order valence-electron chi connectivity index (χ4n) is 2.31. The molecule has 0 saturated heterocycles. The number of nitrogens with zero attached hydrogens (tertiary/aromatic N) is 1. The Bertz CT molecular complexity index is 788. The fourth-order valence-corrected chi connectivity index (χ4v) is 2.31. The molecule has 0 aliphatic carbocycles. The second-order valence-electron chi connectivity index (χ2n) is 6.71. The van der Waals surface area contributed by atoms with Crippen molar-refractivity contribution in [2.45, 2.75) is 33.4 Å². The minimum absolute atomic E-state index is 0.00608. The van der Waals surface area contributed by atoms with Crippen LogP contribution in [0.1, 0.15) is 37.0 Å². The lowest BCUT2D eigenvalue weighted by Gasteiger charge is -2.17. The van der Waals surface area contributed by atoms with Crippen molar-refractivity contribution in [3.05, 3.63) is 30.1 Å². The summed E-state index contributed by atoms with van der Waals surface area (Å²) in [6.07, 6.45) is 3.75. The Balaban J connectivity index is 0.00000139. The zero-order valence-corrected chi connectivity index (χ0v) is 17.3. The Labute approximate surface area is 169 Å². The number of carbonyl (C=O) groups excluding carboxylic acids is 2. The van der Waals surface area contributed by atoms with Crippen molar-refractivity contribution in [3.63, 3.8) is 0 Å². The summed E-state index contributed by atoms with van der Waals surface area (Å²) >= 11 is 0. The summed E-state index contributed by atoms with van der Waals surface area (Å²) in [7, 11) is -3.92. The molecule has 0 spiro atoms. The van der Waals surface area contributed by atoms with Gasteiger partial charge in [-0.25, -0.2) is 13.2 Å². The largest absolute Gasteiger partial charge is 0.748 e. The van der Waals surface area contributed by atoms with Gasteiger partial charge in [0.05, 0.1) is 10.1 Å². The summed E-state index contributed by atoms with van der Waals surface area (Å²) in [6.45, 7) is 4.14. The number of primary amides is 1. The lowest BCUT2D eigenvalue weighted by molar-refractivity contribution is -0.727. The number of nitrogens with one attached hydrogen (secondary N) is 1. The van der Waals surface area contributed by atoms with E-state index in [1.807, 2.05) is 13.8 Å². The zero-order chi connectivity index (χ0) is 22.6. The highest BCUT2D eigenvalue weighted by atomic mass is 32.2. The van der Waals surface area contributed by atoms with Crippen LogP contribution < -0.4 is 15.6 Å². The third-order valence-electron chi connectivity index (χ3n) is 3.29. The van der Waals surface area contributed by atoms with Gasteiger partial charge in [-0.2, -0.15) is 4.57 Å². The number of aromatic nitrogens is 1. The molecule has 12 heteroatoms. The Morgan fingerprint density at radius 2 is 1.93 bits per heavy atom. The SMILES string of the molecule is CC(C)CC(CNC(=O)OC[n+]1cccc(C(N)=O)c1)CC(=O)O.CS(=O)(=O)[O-].